The predicted molar refractivity (Wildman–Crippen MR) is 115 cm³/mol. The van der Waals surface area contributed by atoms with Gasteiger partial charge in [0.1, 0.15) is 11.6 Å². The van der Waals surface area contributed by atoms with Crippen LogP contribution in [0.4, 0.5) is 5.82 Å². The Kier molecular flexibility index (Phi) is 5.82. The van der Waals surface area contributed by atoms with Crippen molar-refractivity contribution >= 4 is 27.4 Å². The maximum Gasteiger partial charge on any atom is 0.241 e. The number of sulfonamides is 1. The number of fused-ring (bicyclic) bond motifs is 1. The van der Waals surface area contributed by atoms with E-state index in [4.69, 9.17) is 16.6 Å². The van der Waals surface area contributed by atoms with Crippen LogP contribution in [0.5, 0.6) is 0 Å². The lowest BCUT2D eigenvalue weighted by Gasteiger charge is -2.35. The topological polar surface area (TPSA) is 75.2 Å². The van der Waals surface area contributed by atoms with E-state index in [0.717, 1.165) is 50.4 Å². The van der Waals surface area contributed by atoms with Crippen LogP contribution in [-0.4, -0.2) is 37.5 Å². The number of piperidine rings is 1. The second kappa shape index (κ2) is 8.20. The predicted octanol–water partition coefficient (Wildman–Crippen LogP) is 3.57. The smallest absolute Gasteiger partial charge is 0.241 e. The molecule has 0 unspecified atom stereocenters. The van der Waals surface area contributed by atoms with Crippen molar-refractivity contribution in [3.8, 4) is 0 Å². The van der Waals surface area contributed by atoms with E-state index in [-0.39, 0.29) is 10.9 Å². The van der Waals surface area contributed by atoms with Crippen LogP contribution in [0.3, 0.4) is 0 Å². The van der Waals surface area contributed by atoms with Gasteiger partial charge in [-0.15, -0.1) is 0 Å². The molecule has 0 amide bonds. The molecule has 2 aliphatic rings. The van der Waals surface area contributed by atoms with Crippen molar-refractivity contribution in [2.75, 3.05) is 18.0 Å². The van der Waals surface area contributed by atoms with Crippen LogP contribution >= 0.6 is 11.6 Å². The molecule has 1 aliphatic heterocycles. The SMILES string of the molecule is Cc1nc2c(c(N3CCC(NS(=O)(=O)c4cccc(Cl)c4C)CC3)n1)CCCC2. The maximum atomic E-state index is 12.9. The first-order chi connectivity index (χ1) is 13.8. The summed E-state index contributed by atoms with van der Waals surface area (Å²) in [4.78, 5) is 11.9. The van der Waals surface area contributed by atoms with Crippen molar-refractivity contribution in [2.45, 2.75) is 63.3 Å². The molecule has 0 atom stereocenters. The molecular weight excluding hydrogens is 408 g/mol. The molecule has 1 fully saturated rings. The summed E-state index contributed by atoms with van der Waals surface area (Å²) in [7, 11) is -3.59. The molecule has 1 aliphatic carbocycles. The third-order valence-electron chi connectivity index (χ3n) is 5.90. The number of rotatable bonds is 4. The lowest BCUT2D eigenvalue weighted by molar-refractivity contribution is 0.456. The Morgan fingerprint density at radius 2 is 1.83 bits per heavy atom. The first kappa shape index (κ1) is 20.6. The lowest BCUT2D eigenvalue weighted by Crippen LogP contribution is -2.45. The van der Waals surface area contributed by atoms with E-state index in [1.54, 1.807) is 25.1 Å². The van der Waals surface area contributed by atoms with Gasteiger partial charge in [-0.25, -0.2) is 23.1 Å². The number of nitrogens with one attached hydrogen (secondary N) is 1. The van der Waals surface area contributed by atoms with Gasteiger partial charge < -0.3 is 4.90 Å². The summed E-state index contributed by atoms with van der Waals surface area (Å²) in [6, 6.07) is 4.90. The second-order valence-corrected chi connectivity index (χ2v) is 10.1. The fourth-order valence-corrected chi connectivity index (χ4v) is 6.13. The van der Waals surface area contributed by atoms with Crippen LogP contribution in [0.1, 0.15) is 48.3 Å². The van der Waals surface area contributed by atoms with Crippen molar-refractivity contribution in [2.24, 2.45) is 0 Å². The van der Waals surface area contributed by atoms with E-state index in [1.807, 2.05) is 6.92 Å². The second-order valence-electron chi connectivity index (χ2n) is 7.97. The van der Waals surface area contributed by atoms with Gasteiger partial charge in [-0.1, -0.05) is 17.7 Å². The number of hydrogen-bond donors (Lipinski definition) is 1. The van der Waals surface area contributed by atoms with Gasteiger partial charge in [0, 0.05) is 35.4 Å². The first-order valence-corrected chi connectivity index (χ1v) is 12.1. The summed E-state index contributed by atoms with van der Waals surface area (Å²) in [5.74, 6) is 1.87. The number of aromatic nitrogens is 2. The van der Waals surface area contributed by atoms with Crippen LogP contribution in [0.25, 0.3) is 0 Å². The fraction of sp³-hybridized carbons (Fsp3) is 0.524. The zero-order chi connectivity index (χ0) is 20.6. The maximum absolute atomic E-state index is 12.9. The Hall–Kier alpha value is -1.70. The summed E-state index contributed by atoms with van der Waals surface area (Å²) in [6.45, 7) is 5.25. The van der Waals surface area contributed by atoms with Crippen LogP contribution < -0.4 is 9.62 Å². The third kappa shape index (κ3) is 4.27. The van der Waals surface area contributed by atoms with Gasteiger partial charge in [-0.05, 0) is 70.1 Å². The molecule has 0 saturated carbocycles. The highest BCUT2D eigenvalue weighted by Gasteiger charge is 2.28. The number of halogens is 1. The minimum atomic E-state index is -3.59. The van der Waals surface area contributed by atoms with Crippen LogP contribution in [0.15, 0.2) is 23.1 Å². The van der Waals surface area contributed by atoms with Gasteiger partial charge in [0.05, 0.1) is 4.90 Å². The molecule has 2 aromatic rings. The molecule has 0 radical (unpaired) electrons. The number of nitrogens with zero attached hydrogens (tertiary/aromatic N) is 3. The summed E-state index contributed by atoms with van der Waals surface area (Å²) in [6.07, 6.45) is 5.93. The summed E-state index contributed by atoms with van der Waals surface area (Å²) >= 11 is 6.11. The molecule has 29 heavy (non-hydrogen) atoms. The molecule has 1 aromatic carbocycles. The van der Waals surface area contributed by atoms with E-state index < -0.39 is 10.0 Å². The highest BCUT2D eigenvalue weighted by molar-refractivity contribution is 7.89. The zero-order valence-corrected chi connectivity index (χ0v) is 18.5. The van der Waals surface area contributed by atoms with Gasteiger partial charge >= 0.3 is 0 Å². The van der Waals surface area contributed by atoms with E-state index in [1.165, 1.54) is 24.1 Å². The fourth-order valence-electron chi connectivity index (χ4n) is 4.33. The highest BCUT2D eigenvalue weighted by Crippen LogP contribution is 2.30. The standard InChI is InChI=1S/C21H27ClN4O2S/c1-14-18(22)7-5-9-20(14)29(27,28)25-16-10-12-26(13-11-16)21-17-6-3-4-8-19(17)23-15(2)24-21/h5,7,9,16,25H,3-4,6,8,10-13H2,1-2H3. The van der Waals surface area contributed by atoms with E-state index in [0.29, 0.717) is 10.6 Å². The molecule has 8 heteroatoms. The summed E-state index contributed by atoms with van der Waals surface area (Å²) < 4.78 is 28.6. The summed E-state index contributed by atoms with van der Waals surface area (Å²) in [5.41, 5.74) is 3.07. The molecular formula is C21H27ClN4O2S. The Balaban J connectivity index is 1.47. The molecule has 156 valence electrons. The van der Waals surface area contributed by atoms with Crippen LogP contribution in [0, 0.1) is 13.8 Å². The molecule has 2 heterocycles. The van der Waals surface area contributed by atoms with E-state index in [9.17, 15) is 8.42 Å². The Bertz CT molecular complexity index is 1020. The Morgan fingerprint density at radius 1 is 1.10 bits per heavy atom. The van der Waals surface area contributed by atoms with Gasteiger partial charge in [0.25, 0.3) is 0 Å². The van der Waals surface area contributed by atoms with E-state index in [2.05, 4.69) is 14.6 Å². The first-order valence-electron chi connectivity index (χ1n) is 10.2. The average molecular weight is 435 g/mol. The molecule has 4 rings (SSSR count). The number of hydrogen-bond acceptors (Lipinski definition) is 5. The van der Waals surface area contributed by atoms with Crippen molar-refractivity contribution in [3.63, 3.8) is 0 Å². The number of aryl methyl sites for hydroxylation is 2. The van der Waals surface area contributed by atoms with Gasteiger partial charge in [0.15, 0.2) is 0 Å². The molecule has 1 aromatic heterocycles. The van der Waals surface area contributed by atoms with Crippen molar-refractivity contribution in [1.29, 1.82) is 0 Å². The minimum absolute atomic E-state index is 0.0895. The number of benzene rings is 1. The zero-order valence-electron chi connectivity index (χ0n) is 16.9. The Labute approximate surface area is 177 Å². The normalized spacial score (nSPS) is 18.0. The average Bonchev–Trinajstić information content (AvgIpc) is 2.69. The molecule has 6 nitrogen and oxygen atoms in total. The van der Waals surface area contributed by atoms with Gasteiger partial charge in [-0.2, -0.15) is 0 Å². The summed E-state index contributed by atoms with van der Waals surface area (Å²) in [5, 5.41) is 0.464. The highest BCUT2D eigenvalue weighted by atomic mass is 35.5. The van der Waals surface area contributed by atoms with Crippen molar-refractivity contribution < 1.29 is 8.42 Å². The van der Waals surface area contributed by atoms with Gasteiger partial charge in [-0.3, -0.25) is 0 Å². The molecule has 0 bridgehead atoms. The monoisotopic (exact) mass is 434 g/mol. The van der Waals surface area contributed by atoms with E-state index >= 15 is 0 Å². The Morgan fingerprint density at radius 3 is 2.59 bits per heavy atom. The quantitative estimate of drug-likeness (QED) is 0.796. The molecule has 1 saturated heterocycles. The third-order valence-corrected chi connectivity index (χ3v) is 7.97. The number of anilines is 1. The molecule has 0 spiro atoms. The van der Waals surface area contributed by atoms with Crippen molar-refractivity contribution in [3.05, 3.63) is 45.9 Å². The lowest BCUT2D eigenvalue weighted by atomic mass is 9.95. The van der Waals surface area contributed by atoms with Crippen LogP contribution in [-0.2, 0) is 22.9 Å². The van der Waals surface area contributed by atoms with Crippen LogP contribution in [0.2, 0.25) is 5.02 Å². The van der Waals surface area contributed by atoms with Gasteiger partial charge in [0.2, 0.25) is 10.0 Å². The minimum Gasteiger partial charge on any atom is -0.356 e. The molecule has 1 N–H and O–H groups in total. The van der Waals surface area contributed by atoms with Crippen molar-refractivity contribution in [1.82, 2.24) is 14.7 Å². The largest absolute Gasteiger partial charge is 0.356 e.